The minimum Gasteiger partial charge on any atom is -0.449 e. The lowest BCUT2D eigenvalue weighted by Gasteiger charge is -2.10. The van der Waals surface area contributed by atoms with E-state index in [9.17, 15) is 14.4 Å². The van der Waals surface area contributed by atoms with Crippen molar-refractivity contribution in [2.45, 2.75) is 26.1 Å². The monoisotopic (exact) mass is 553 g/mol. The van der Waals surface area contributed by atoms with Crippen molar-refractivity contribution in [1.82, 2.24) is 0 Å². The first kappa shape index (κ1) is 28.8. The zero-order valence-electron chi connectivity index (χ0n) is 22.3. The lowest BCUT2D eigenvalue weighted by atomic mass is 10.1. The van der Waals surface area contributed by atoms with Crippen LogP contribution in [0.3, 0.4) is 0 Å². The molecule has 3 amide bonds. The molecular weight excluding hydrogens is 522 g/mol. The molecule has 9 heteroatoms. The van der Waals surface area contributed by atoms with Crippen molar-refractivity contribution in [2.75, 3.05) is 22.6 Å². The molecule has 0 aliphatic carbocycles. The molecule has 0 atom stereocenters. The standard InChI is InChI=1S/C32H31N3O6/c36-21-25-8-14-28(15-9-25)35-32(39)41-22-26-10-16-29(17-11-26)34-31(38)40-19-18-23-6-12-27(13-7-23)33-30(37)20-24-4-2-1-3-5-24/h1-17,36H,18-22H2,(H,33,37)(H,34,38)(H,35,39). The molecule has 0 aliphatic rings. The first-order valence-corrected chi connectivity index (χ1v) is 13.1. The molecule has 9 nitrogen and oxygen atoms in total. The van der Waals surface area contributed by atoms with Crippen LogP contribution in [-0.4, -0.2) is 29.8 Å². The number of hydrogen-bond donors (Lipinski definition) is 4. The molecule has 0 aromatic heterocycles. The van der Waals surface area contributed by atoms with Crippen LogP contribution in [0.2, 0.25) is 0 Å². The maximum absolute atomic E-state index is 12.2. The highest BCUT2D eigenvalue weighted by Crippen LogP contribution is 2.14. The van der Waals surface area contributed by atoms with E-state index in [1.54, 1.807) is 48.5 Å². The minimum absolute atomic E-state index is 0.0563. The van der Waals surface area contributed by atoms with Crippen molar-refractivity contribution in [2.24, 2.45) is 0 Å². The van der Waals surface area contributed by atoms with E-state index in [1.807, 2.05) is 54.6 Å². The smallest absolute Gasteiger partial charge is 0.411 e. The number of aliphatic hydroxyl groups is 1. The van der Waals surface area contributed by atoms with Crippen LogP contribution < -0.4 is 16.0 Å². The Morgan fingerprint density at radius 1 is 0.561 bits per heavy atom. The molecule has 210 valence electrons. The lowest BCUT2D eigenvalue weighted by molar-refractivity contribution is -0.115. The molecule has 0 saturated heterocycles. The Morgan fingerprint density at radius 2 is 1.07 bits per heavy atom. The van der Waals surface area contributed by atoms with E-state index in [2.05, 4.69) is 16.0 Å². The van der Waals surface area contributed by atoms with Gasteiger partial charge in [-0.2, -0.15) is 0 Å². The zero-order valence-corrected chi connectivity index (χ0v) is 22.3. The quantitative estimate of drug-likeness (QED) is 0.183. The van der Waals surface area contributed by atoms with Crippen LogP contribution >= 0.6 is 0 Å². The van der Waals surface area contributed by atoms with E-state index >= 15 is 0 Å². The molecule has 4 aromatic rings. The molecule has 4 aromatic carbocycles. The number of anilines is 3. The Kier molecular flexibility index (Phi) is 10.5. The van der Waals surface area contributed by atoms with Gasteiger partial charge in [-0.25, -0.2) is 9.59 Å². The third-order valence-corrected chi connectivity index (χ3v) is 6.02. The van der Waals surface area contributed by atoms with Gasteiger partial charge in [0.1, 0.15) is 6.61 Å². The van der Waals surface area contributed by atoms with Gasteiger partial charge in [0, 0.05) is 23.5 Å². The van der Waals surface area contributed by atoms with E-state index in [-0.39, 0.29) is 25.7 Å². The summed E-state index contributed by atoms with van der Waals surface area (Å²) in [5.41, 5.74) is 5.22. The zero-order chi connectivity index (χ0) is 28.9. The van der Waals surface area contributed by atoms with Crippen LogP contribution in [0, 0.1) is 0 Å². The van der Waals surface area contributed by atoms with Crippen LogP contribution in [0.5, 0.6) is 0 Å². The summed E-state index contributed by atoms with van der Waals surface area (Å²) in [6.45, 7) is 0.178. The Bertz CT molecular complexity index is 1420. The molecular formula is C32H31N3O6. The van der Waals surface area contributed by atoms with E-state index in [0.29, 0.717) is 29.9 Å². The highest BCUT2D eigenvalue weighted by atomic mass is 16.6. The first-order chi connectivity index (χ1) is 20.0. The maximum atomic E-state index is 12.2. The Hall–Kier alpha value is -5.15. The van der Waals surface area contributed by atoms with Crippen molar-refractivity contribution in [3.8, 4) is 0 Å². The Labute approximate surface area is 238 Å². The predicted molar refractivity (Wildman–Crippen MR) is 157 cm³/mol. The highest BCUT2D eigenvalue weighted by Gasteiger charge is 2.07. The average Bonchev–Trinajstić information content (AvgIpc) is 2.98. The van der Waals surface area contributed by atoms with Gasteiger partial charge >= 0.3 is 12.2 Å². The first-order valence-electron chi connectivity index (χ1n) is 13.1. The Morgan fingerprint density at radius 3 is 1.66 bits per heavy atom. The molecule has 0 radical (unpaired) electrons. The Balaban J connectivity index is 1.12. The summed E-state index contributed by atoms with van der Waals surface area (Å²) in [5, 5.41) is 17.2. The van der Waals surface area contributed by atoms with Gasteiger partial charge in [-0.05, 0) is 58.7 Å². The second-order valence-electron chi connectivity index (χ2n) is 9.17. The number of amides is 3. The van der Waals surface area contributed by atoms with Gasteiger partial charge in [0.15, 0.2) is 0 Å². The summed E-state index contributed by atoms with van der Waals surface area (Å²) in [6, 6.07) is 30.6. The molecule has 0 aliphatic heterocycles. The molecule has 0 fully saturated rings. The normalized spacial score (nSPS) is 10.4. The molecule has 0 heterocycles. The number of rotatable bonds is 11. The minimum atomic E-state index is -0.602. The van der Waals surface area contributed by atoms with Crippen LogP contribution in [0.15, 0.2) is 103 Å². The fraction of sp³-hybridized carbons (Fsp3) is 0.156. The third-order valence-electron chi connectivity index (χ3n) is 6.02. The van der Waals surface area contributed by atoms with Crippen molar-refractivity contribution < 1.29 is 29.0 Å². The van der Waals surface area contributed by atoms with Gasteiger partial charge in [-0.3, -0.25) is 15.4 Å². The van der Waals surface area contributed by atoms with Gasteiger partial charge in [-0.15, -0.1) is 0 Å². The molecule has 0 spiro atoms. The molecule has 4 rings (SSSR count). The highest BCUT2D eigenvalue weighted by molar-refractivity contribution is 5.92. The number of nitrogens with one attached hydrogen (secondary N) is 3. The summed E-state index contributed by atoms with van der Waals surface area (Å²) in [4.78, 5) is 36.4. The second-order valence-corrected chi connectivity index (χ2v) is 9.17. The van der Waals surface area contributed by atoms with Gasteiger partial charge in [0.2, 0.25) is 5.91 Å². The second kappa shape index (κ2) is 14.9. The van der Waals surface area contributed by atoms with Crippen molar-refractivity contribution in [3.63, 3.8) is 0 Å². The van der Waals surface area contributed by atoms with Crippen LogP contribution in [0.4, 0.5) is 26.7 Å². The number of carbonyl (C=O) groups excluding carboxylic acids is 3. The lowest BCUT2D eigenvalue weighted by Crippen LogP contribution is -2.16. The summed E-state index contributed by atoms with van der Waals surface area (Å²) in [6.07, 6.45) is -0.349. The van der Waals surface area contributed by atoms with Crippen molar-refractivity contribution >= 4 is 35.2 Å². The molecule has 0 unspecified atom stereocenters. The fourth-order valence-electron chi connectivity index (χ4n) is 3.84. The van der Waals surface area contributed by atoms with E-state index in [4.69, 9.17) is 14.6 Å². The van der Waals surface area contributed by atoms with Gasteiger partial charge < -0.3 is 19.9 Å². The number of aliphatic hydroxyl groups excluding tert-OH is 1. The SMILES string of the molecule is O=C(Cc1ccccc1)Nc1ccc(CCOC(=O)Nc2ccc(COC(=O)Nc3ccc(CO)cc3)cc2)cc1. The summed E-state index contributed by atoms with van der Waals surface area (Å²) in [7, 11) is 0. The van der Waals surface area contributed by atoms with Crippen LogP contribution in [-0.2, 0) is 40.3 Å². The van der Waals surface area contributed by atoms with Crippen LogP contribution in [0.1, 0.15) is 22.3 Å². The predicted octanol–water partition coefficient (Wildman–Crippen LogP) is 5.90. The van der Waals surface area contributed by atoms with Gasteiger partial charge in [0.05, 0.1) is 19.6 Å². The molecule has 0 saturated carbocycles. The van der Waals surface area contributed by atoms with Crippen LogP contribution in [0.25, 0.3) is 0 Å². The number of ether oxygens (including phenoxy) is 2. The topological polar surface area (TPSA) is 126 Å². The summed E-state index contributed by atoms with van der Waals surface area (Å²) >= 11 is 0. The van der Waals surface area contributed by atoms with Crippen molar-refractivity contribution in [3.05, 3.63) is 125 Å². The third kappa shape index (κ3) is 9.83. The number of hydrogen-bond acceptors (Lipinski definition) is 6. The largest absolute Gasteiger partial charge is 0.449 e. The summed E-state index contributed by atoms with van der Waals surface area (Å²) < 4.78 is 10.5. The van der Waals surface area contributed by atoms with Gasteiger partial charge in [-0.1, -0.05) is 66.7 Å². The average molecular weight is 554 g/mol. The maximum Gasteiger partial charge on any atom is 0.411 e. The van der Waals surface area contributed by atoms with E-state index < -0.39 is 12.2 Å². The number of carbonyl (C=O) groups is 3. The van der Waals surface area contributed by atoms with Crippen molar-refractivity contribution in [1.29, 1.82) is 0 Å². The molecule has 0 bridgehead atoms. The summed E-state index contributed by atoms with van der Waals surface area (Å²) in [5.74, 6) is -0.0865. The van der Waals surface area contributed by atoms with E-state index in [1.165, 1.54) is 0 Å². The fourth-order valence-corrected chi connectivity index (χ4v) is 3.84. The van der Waals surface area contributed by atoms with E-state index in [0.717, 1.165) is 22.3 Å². The number of benzene rings is 4. The van der Waals surface area contributed by atoms with Gasteiger partial charge in [0.25, 0.3) is 0 Å². The molecule has 4 N–H and O–H groups in total. The molecule has 41 heavy (non-hydrogen) atoms.